The molecule has 132 valence electrons. The number of benzene rings is 3. The molecule has 0 aliphatic heterocycles. The van der Waals surface area contributed by atoms with Crippen molar-refractivity contribution >= 4 is 28.3 Å². The Morgan fingerprint density at radius 3 is 2.22 bits per heavy atom. The number of nitrogens with zero attached hydrogens (tertiary/aromatic N) is 2. The summed E-state index contributed by atoms with van der Waals surface area (Å²) in [5, 5.41) is 11.4. The number of carbonyl (C=O) groups excluding carboxylic acids is 1. The number of aromatic nitrogens is 2. The summed E-state index contributed by atoms with van der Waals surface area (Å²) in [4.78, 5) is 12.4. The molecule has 1 heterocycles. The second kappa shape index (κ2) is 7.68. The van der Waals surface area contributed by atoms with Crippen molar-refractivity contribution in [3.63, 3.8) is 0 Å². The first kappa shape index (κ1) is 17.4. The van der Waals surface area contributed by atoms with E-state index in [1.165, 1.54) is 36.0 Å². The Bertz CT molecular complexity index is 1100. The van der Waals surface area contributed by atoms with Gasteiger partial charge in [-0.15, -0.1) is 10.2 Å². The number of rotatable bonds is 5. The van der Waals surface area contributed by atoms with Gasteiger partial charge < -0.3 is 0 Å². The van der Waals surface area contributed by atoms with Gasteiger partial charge in [-0.25, -0.2) is 4.39 Å². The van der Waals surface area contributed by atoms with Crippen LogP contribution in [0.5, 0.6) is 0 Å². The largest absolute Gasteiger partial charge is 0.293 e. The minimum atomic E-state index is -0.354. The first-order chi connectivity index (χ1) is 13.2. The number of fused-ring (bicyclic) bond motifs is 1. The van der Waals surface area contributed by atoms with Gasteiger partial charge in [0, 0.05) is 21.9 Å². The number of Topliss-reactive ketones (excluding diaryl/α,β-unsaturated/α-hetero) is 1. The second-order valence-electron chi connectivity index (χ2n) is 5.98. The zero-order valence-corrected chi connectivity index (χ0v) is 15.1. The van der Waals surface area contributed by atoms with Crippen LogP contribution in [0.2, 0.25) is 0 Å². The molecule has 0 fully saturated rings. The van der Waals surface area contributed by atoms with Crippen molar-refractivity contribution in [2.24, 2.45) is 0 Å². The number of halogens is 1. The molecule has 0 unspecified atom stereocenters. The summed E-state index contributed by atoms with van der Waals surface area (Å²) in [6.45, 7) is 0. The molecule has 0 bridgehead atoms. The molecule has 0 aliphatic rings. The Labute approximate surface area is 160 Å². The molecule has 0 spiro atoms. The Balaban J connectivity index is 1.63. The lowest BCUT2D eigenvalue weighted by molar-refractivity contribution is 0.102. The highest BCUT2D eigenvalue weighted by atomic mass is 32.2. The summed E-state index contributed by atoms with van der Waals surface area (Å²) in [5.74, 6) is -0.208. The van der Waals surface area contributed by atoms with Gasteiger partial charge in [0.25, 0.3) is 0 Å². The lowest BCUT2D eigenvalue weighted by atomic mass is 10.1. The predicted octanol–water partition coefficient (Wildman–Crippen LogP) is 5.41. The van der Waals surface area contributed by atoms with Crippen molar-refractivity contribution in [3.05, 3.63) is 90.2 Å². The van der Waals surface area contributed by atoms with Gasteiger partial charge in [-0.2, -0.15) is 0 Å². The van der Waals surface area contributed by atoms with Crippen LogP contribution >= 0.6 is 11.8 Å². The summed E-state index contributed by atoms with van der Waals surface area (Å²) >= 11 is 1.34. The van der Waals surface area contributed by atoms with Crippen LogP contribution in [0, 0.1) is 5.82 Å². The van der Waals surface area contributed by atoms with E-state index in [4.69, 9.17) is 0 Å². The van der Waals surface area contributed by atoms with E-state index in [1.807, 2.05) is 54.6 Å². The monoisotopic (exact) mass is 374 g/mol. The molecule has 3 nitrogen and oxygen atoms in total. The molecule has 27 heavy (non-hydrogen) atoms. The van der Waals surface area contributed by atoms with E-state index in [-0.39, 0.29) is 17.4 Å². The molecule has 0 N–H and O–H groups in total. The van der Waals surface area contributed by atoms with E-state index < -0.39 is 0 Å². The molecule has 0 amide bonds. The first-order valence-electron chi connectivity index (χ1n) is 8.45. The zero-order chi connectivity index (χ0) is 18.6. The van der Waals surface area contributed by atoms with Gasteiger partial charge in [-0.1, -0.05) is 66.4 Å². The van der Waals surface area contributed by atoms with Gasteiger partial charge in [-0.05, 0) is 24.3 Å². The Hall–Kier alpha value is -3.05. The third kappa shape index (κ3) is 3.73. The van der Waals surface area contributed by atoms with Crippen molar-refractivity contribution in [2.75, 3.05) is 5.75 Å². The molecule has 1 aromatic heterocycles. The SMILES string of the molecule is O=C(CSc1nnc(-c2ccccc2)c2ccccc12)c1ccc(F)cc1. The minimum absolute atomic E-state index is 0.0713. The van der Waals surface area contributed by atoms with Crippen LogP contribution < -0.4 is 0 Å². The first-order valence-corrected chi connectivity index (χ1v) is 9.43. The maximum Gasteiger partial charge on any atom is 0.173 e. The van der Waals surface area contributed by atoms with Crippen molar-refractivity contribution < 1.29 is 9.18 Å². The summed E-state index contributed by atoms with van der Waals surface area (Å²) < 4.78 is 13.0. The van der Waals surface area contributed by atoms with E-state index in [0.717, 1.165) is 22.0 Å². The maximum atomic E-state index is 13.0. The summed E-state index contributed by atoms with van der Waals surface area (Å²) in [7, 11) is 0. The van der Waals surface area contributed by atoms with Crippen molar-refractivity contribution in [3.8, 4) is 11.3 Å². The Morgan fingerprint density at radius 2 is 1.48 bits per heavy atom. The molecule has 0 aliphatic carbocycles. The summed E-state index contributed by atoms with van der Waals surface area (Å²) in [6, 6.07) is 23.4. The Kier molecular flexibility index (Phi) is 4.94. The van der Waals surface area contributed by atoms with E-state index >= 15 is 0 Å². The van der Waals surface area contributed by atoms with Crippen LogP contribution in [0.1, 0.15) is 10.4 Å². The van der Waals surface area contributed by atoms with Crippen LogP contribution in [0.15, 0.2) is 83.9 Å². The number of ketones is 1. The molecule has 5 heteroatoms. The molecule has 4 aromatic rings. The molecule has 0 atom stereocenters. The van der Waals surface area contributed by atoms with E-state index in [1.54, 1.807) is 0 Å². The lowest BCUT2D eigenvalue weighted by Crippen LogP contribution is -2.03. The minimum Gasteiger partial charge on any atom is -0.293 e. The fourth-order valence-electron chi connectivity index (χ4n) is 2.85. The zero-order valence-electron chi connectivity index (χ0n) is 14.3. The lowest BCUT2D eigenvalue weighted by Gasteiger charge is -2.09. The van der Waals surface area contributed by atoms with E-state index in [0.29, 0.717) is 10.6 Å². The summed E-state index contributed by atoms with van der Waals surface area (Å²) in [6.07, 6.45) is 0. The van der Waals surface area contributed by atoms with Crippen LogP contribution in [0.25, 0.3) is 22.0 Å². The second-order valence-corrected chi connectivity index (χ2v) is 6.95. The third-order valence-electron chi connectivity index (χ3n) is 4.21. The fraction of sp³-hybridized carbons (Fsp3) is 0.0455. The number of carbonyl (C=O) groups is 1. The Morgan fingerprint density at radius 1 is 0.815 bits per heavy atom. The maximum absolute atomic E-state index is 13.0. The van der Waals surface area contributed by atoms with Gasteiger partial charge in [0.1, 0.15) is 16.5 Å². The normalized spacial score (nSPS) is 10.9. The van der Waals surface area contributed by atoms with Crippen LogP contribution in [-0.2, 0) is 0 Å². The number of hydrogen-bond acceptors (Lipinski definition) is 4. The molecule has 0 radical (unpaired) electrons. The molecule has 0 saturated carbocycles. The van der Waals surface area contributed by atoms with Gasteiger partial charge in [0.15, 0.2) is 5.78 Å². The van der Waals surface area contributed by atoms with Crippen molar-refractivity contribution in [2.45, 2.75) is 5.03 Å². The molecule has 3 aromatic carbocycles. The molecular weight excluding hydrogens is 359 g/mol. The standard InChI is InChI=1S/C22H15FN2OS/c23-17-12-10-15(11-13-17)20(26)14-27-22-19-9-5-4-8-18(19)21(24-25-22)16-6-2-1-3-7-16/h1-13H,14H2. The molecule has 4 rings (SSSR count). The molecule has 0 saturated heterocycles. The van der Waals surface area contributed by atoms with Crippen LogP contribution in [-0.4, -0.2) is 21.7 Å². The molecular formula is C22H15FN2OS. The number of hydrogen-bond donors (Lipinski definition) is 0. The van der Waals surface area contributed by atoms with Crippen molar-refractivity contribution in [1.29, 1.82) is 0 Å². The topological polar surface area (TPSA) is 42.9 Å². The van der Waals surface area contributed by atoms with E-state index in [9.17, 15) is 9.18 Å². The van der Waals surface area contributed by atoms with Crippen LogP contribution in [0.3, 0.4) is 0 Å². The van der Waals surface area contributed by atoms with Crippen LogP contribution in [0.4, 0.5) is 4.39 Å². The quantitative estimate of drug-likeness (QED) is 0.346. The highest BCUT2D eigenvalue weighted by molar-refractivity contribution is 8.00. The fourth-order valence-corrected chi connectivity index (χ4v) is 3.71. The summed E-state index contributed by atoms with van der Waals surface area (Å²) in [5.41, 5.74) is 2.31. The third-order valence-corrected chi connectivity index (χ3v) is 5.19. The number of thioether (sulfide) groups is 1. The predicted molar refractivity (Wildman–Crippen MR) is 106 cm³/mol. The smallest absolute Gasteiger partial charge is 0.173 e. The van der Waals surface area contributed by atoms with Gasteiger partial charge >= 0.3 is 0 Å². The average molecular weight is 374 g/mol. The highest BCUT2D eigenvalue weighted by Gasteiger charge is 2.13. The highest BCUT2D eigenvalue weighted by Crippen LogP contribution is 2.31. The van der Waals surface area contributed by atoms with Gasteiger partial charge in [-0.3, -0.25) is 4.79 Å². The van der Waals surface area contributed by atoms with Crippen molar-refractivity contribution in [1.82, 2.24) is 10.2 Å². The average Bonchev–Trinajstić information content (AvgIpc) is 2.73. The van der Waals surface area contributed by atoms with E-state index in [2.05, 4.69) is 10.2 Å². The van der Waals surface area contributed by atoms with Gasteiger partial charge in [0.05, 0.1) is 5.75 Å². The van der Waals surface area contributed by atoms with Gasteiger partial charge in [0.2, 0.25) is 0 Å².